The first-order chi connectivity index (χ1) is 15.0. The number of ether oxygens (including phenoxy) is 2. The van der Waals surface area contributed by atoms with E-state index in [4.69, 9.17) is 4.74 Å². The van der Waals surface area contributed by atoms with Crippen LogP contribution in [0.5, 0.6) is 5.75 Å². The monoisotopic (exact) mass is 432 g/mol. The van der Waals surface area contributed by atoms with Crippen molar-refractivity contribution in [3.05, 3.63) is 65.7 Å². The average Bonchev–Trinajstić information content (AvgIpc) is 2.78. The van der Waals surface area contributed by atoms with Gasteiger partial charge in [0.1, 0.15) is 5.75 Å². The Bertz CT molecular complexity index is 854. The molecule has 1 atom stereocenters. The molecule has 2 amide bonds. The van der Waals surface area contributed by atoms with E-state index in [-0.39, 0.29) is 23.7 Å². The van der Waals surface area contributed by atoms with Crippen molar-refractivity contribution in [1.29, 1.82) is 0 Å². The highest BCUT2D eigenvalue weighted by molar-refractivity contribution is 5.80. The molecule has 0 saturated carbocycles. The Morgan fingerprint density at radius 1 is 1.03 bits per heavy atom. The van der Waals surface area contributed by atoms with E-state index in [2.05, 4.69) is 10.1 Å². The van der Waals surface area contributed by atoms with E-state index >= 15 is 0 Å². The van der Waals surface area contributed by atoms with E-state index < -0.39 is 12.7 Å². The van der Waals surface area contributed by atoms with Crippen LogP contribution in [-0.4, -0.2) is 43.2 Å². The Labute approximate surface area is 180 Å². The second-order valence-electron chi connectivity index (χ2n) is 7.26. The standard InChI is InChI=1S/C23H26F2N2O4/c1-2-30-23(29)27-14-12-18(13-15-27)21(28)26-20(16-6-4-3-5-7-16)17-8-10-19(11-9-17)31-22(24)25/h3-11,18,20,22H,2,12-15H2,1H3,(H,26,28). The number of piperidine rings is 1. The van der Waals surface area contributed by atoms with Gasteiger partial charge in [0.15, 0.2) is 0 Å². The zero-order chi connectivity index (χ0) is 22.2. The van der Waals surface area contributed by atoms with Gasteiger partial charge in [0.05, 0.1) is 12.6 Å². The third-order valence-electron chi connectivity index (χ3n) is 5.25. The molecular weight excluding hydrogens is 406 g/mol. The number of rotatable bonds is 7. The summed E-state index contributed by atoms with van der Waals surface area (Å²) in [5.74, 6) is -0.271. The first-order valence-corrected chi connectivity index (χ1v) is 10.3. The van der Waals surface area contributed by atoms with Gasteiger partial charge in [-0.05, 0) is 43.0 Å². The van der Waals surface area contributed by atoms with Crippen LogP contribution in [-0.2, 0) is 9.53 Å². The molecule has 0 bridgehead atoms. The molecule has 1 aliphatic rings. The van der Waals surface area contributed by atoms with Crippen LogP contribution in [0.1, 0.15) is 36.9 Å². The summed E-state index contributed by atoms with van der Waals surface area (Å²) in [5.41, 5.74) is 1.63. The van der Waals surface area contributed by atoms with Gasteiger partial charge in [-0.3, -0.25) is 4.79 Å². The maximum Gasteiger partial charge on any atom is 0.409 e. The molecule has 0 radical (unpaired) electrons. The minimum atomic E-state index is -2.89. The smallest absolute Gasteiger partial charge is 0.409 e. The highest BCUT2D eigenvalue weighted by Gasteiger charge is 2.29. The lowest BCUT2D eigenvalue weighted by Crippen LogP contribution is -2.44. The van der Waals surface area contributed by atoms with Crippen LogP contribution in [0.4, 0.5) is 13.6 Å². The maximum atomic E-state index is 13.0. The van der Waals surface area contributed by atoms with Gasteiger partial charge in [-0.1, -0.05) is 42.5 Å². The fourth-order valence-electron chi connectivity index (χ4n) is 3.65. The topological polar surface area (TPSA) is 67.9 Å². The third-order valence-corrected chi connectivity index (χ3v) is 5.25. The molecule has 8 heteroatoms. The summed E-state index contributed by atoms with van der Waals surface area (Å²) >= 11 is 0. The van der Waals surface area contributed by atoms with Gasteiger partial charge < -0.3 is 19.7 Å². The summed E-state index contributed by atoms with van der Waals surface area (Å²) in [6, 6.07) is 15.3. The van der Waals surface area contributed by atoms with Crippen LogP contribution >= 0.6 is 0 Å². The molecule has 31 heavy (non-hydrogen) atoms. The molecule has 0 spiro atoms. The number of hydrogen-bond acceptors (Lipinski definition) is 4. The van der Waals surface area contributed by atoms with Crippen LogP contribution in [0.3, 0.4) is 0 Å². The average molecular weight is 432 g/mol. The molecular formula is C23H26F2N2O4. The van der Waals surface area contributed by atoms with Gasteiger partial charge in [0.25, 0.3) is 0 Å². The molecule has 1 N–H and O–H groups in total. The number of alkyl halides is 2. The zero-order valence-electron chi connectivity index (χ0n) is 17.3. The summed E-state index contributed by atoms with van der Waals surface area (Å²) < 4.78 is 34.3. The number of nitrogens with zero attached hydrogens (tertiary/aromatic N) is 1. The lowest BCUT2D eigenvalue weighted by molar-refractivity contribution is -0.126. The Kier molecular flexibility index (Phi) is 7.81. The van der Waals surface area contributed by atoms with Crippen LogP contribution < -0.4 is 10.1 Å². The fraction of sp³-hybridized carbons (Fsp3) is 0.391. The van der Waals surface area contributed by atoms with E-state index in [9.17, 15) is 18.4 Å². The Morgan fingerprint density at radius 3 is 2.23 bits per heavy atom. The summed E-state index contributed by atoms with van der Waals surface area (Å²) in [6.45, 7) is 0.114. The van der Waals surface area contributed by atoms with Crippen molar-refractivity contribution in [2.24, 2.45) is 5.92 Å². The van der Waals surface area contributed by atoms with Gasteiger partial charge in [-0.25, -0.2) is 4.79 Å². The number of hydrogen-bond donors (Lipinski definition) is 1. The number of likely N-dealkylation sites (tertiary alicyclic amines) is 1. The highest BCUT2D eigenvalue weighted by atomic mass is 19.3. The van der Waals surface area contributed by atoms with E-state index in [0.29, 0.717) is 32.5 Å². The highest BCUT2D eigenvalue weighted by Crippen LogP contribution is 2.27. The molecule has 2 aromatic rings. The molecule has 3 rings (SSSR count). The number of halogens is 2. The van der Waals surface area contributed by atoms with Gasteiger partial charge in [-0.2, -0.15) is 8.78 Å². The van der Waals surface area contributed by atoms with Crippen molar-refractivity contribution in [2.75, 3.05) is 19.7 Å². The number of amides is 2. The Balaban J connectivity index is 1.70. The first-order valence-electron chi connectivity index (χ1n) is 10.3. The predicted molar refractivity (Wildman–Crippen MR) is 111 cm³/mol. The van der Waals surface area contributed by atoms with Crippen LogP contribution in [0.25, 0.3) is 0 Å². The summed E-state index contributed by atoms with van der Waals surface area (Å²) in [6.07, 6.45) is 0.746. The first kappa shape index (κ1) is 22.5. The number of carbonyl (C=O) groups excluding carboxylic acids is 2. The molecule has 0 aliphatic carbocycles. The Hall–Kier alpha value is -3.16. The fourth-order valence-corrected chi connectivity index (χ4v) is 3.65. The zero-order valence-corrected chi connectivity index (χ0v) is 17.3. The molecule has 2 aromatic carbocycles. The molecule has 1 aliphatic heterocycles. The van der Waals surface area contributed by atoms with Crippen molar-refractivity contribution < 1.29 is 27.8 Å². The Morgan fingerprint density at radius 2 is 1.65 bits per heavy atom. The van der Waals surface area contributed by atoms with Crippen LogP contribution in [0.15, 0.2) is 54.6 Å². The van der Waals surface area contributed by atoms with Crippen molar-refractivity contribution in [3.8, 4) is 5.75 Å². The lowest BCUT2D eigenvalue weighted by Gasteiger charge is -2.31. The van der Waals surface area contributed by atoms with Crippen molar-refractivity contribution in [3.63, 3.8) is 0 Å². The predicted octanol–water partition coefficient (Wildman–Crippen LogP) is 4.36. The van der Waals surface area contributed by atoms with Gasteiger partial charge in [0.2, 0.25) is 5.91 Å². The summed E-state index contributed by atoms with van der Waals surface area (Å²) in [5, 5.41) is 3.09. The molecule has 166 valence electrons. The van der Waals surface area contributed by atoms with Crippen LogP contribution in [0.2, 0.25) is 0 Å². The SMILES string of the molecule is CCOC(=O)N1CCC(C(=O)NC(c2ccccc2)c2ccc(OC(F)F)cc2)CC1. The third kappa shape index (κ3) is 6.16. The van der Waals surface area contributed by atoms with E-state index in [1.54, 1.807) is 24.0 Å². The minimum absolute atomic E-state index is 0.0585. The minimum Gasteiger partial charge on any atom is -0.450 e. The number of benzene rings is 2. The van der Waals surface area contributed by atoms with Crippen LogP contribution in [0, 0.1) is 5.92 Å². The van der Waals surface area contributed by atoms with Crippen molar-refractivity contribution in [2.45, 2.75) is 32.4 Å². The molecule has 6 nitrogen and oxygen atoms in total. The molecule has 1 saturated heterocycles. The van der Waals surface area contributed by atoms with E-state index in [1.165, 1.54) is 12.1 Å². The van der Waals surface area contributed by atoms with Gasteiger partial charge in [0, 0.05) is 19.0 Å². The summed E-state index contributed by atoms with van der Waals surface area (Å²) in [4.78, 5) is 26.5. The number of nitrogens with one attached hydrogen (secondary N) is 1. The molecule has 1 heterocycles. The maximum absolute atomic E-state index is 13.0. The van der Waals surface area contributed by atoms with Crippen molar-refractivity contribution >= 4 is 12.0 Å². The largest absolute Gasteiger partial charge is 0.450 e. The molecule has 1 fully saturated rings. The van der Waals surface area contributed by atoms with Crippen molar-refractivity contribution in [1.82, 2.24) is 10.2 Å². The van der Waals surface area contributed by atoms with E-state index in [0.717, 1.165) is 11.1 Å². The second-order valence-corrected chi connectivity index (χ2v) is 7.26. The van der Waals surface area contributed by atoms with Gasteiger partial charge in [-0.15, -0.1) is 0 Å². The second kappa shape index (κ2) is 10.7. The lowest BCUT2D eigenvalue weighted by atomic mass is 9.93. The van der Waals surface area contributed by atoms with Gasteiger partial charge >= 0.3 is 12.7 Å². The molecule has 1 unspecified atom stereocenters. The summed E-state index contributed by atoms with van der Waals surface area (Å²) in [7, 11) is 0. The normalized spacial score (nSPS) is 15.4. The number of carbonyl (C=O) groups is 2. The quantitative estimate of drug-likeness (QED) is 0.706. The van der Waals surface area contributed by atoms with E-state index in [1.807, 2.05) is 30.3 Å². The molecule has 0 aromatic heterocycles.